The van der Waals surface area contributed by atoms with Crippen molar-refractivity contribution in [1.29, 1.82) is 0 Å². The van der Waals surface area contributed by atoms with Gasteiger partial charge in [-0.2, -0.15) is 0 Å². The number of hydrogen-bond acceptors (Lipinski definition) is 3. The molecular weight excluding hydrogens is 350 g/mol. The van der Waals surface area contributed by atoms with Crippen molar-refractivity contribution < 1.29 is 15.0 Å². The van der Waals surface area contributed by atoms with E-state index in [9.17, 15) is 15.0 Å². The maximum Gasteiger partial charge on any atom is 0.232 e. The maximum atomic E-state index is 12.5. The van der Waals surface area contributed by atoms with Gasteiger partial charge in [-0.25, -0.2) is 0 Å². The topological polar surface area (TPSA) is 69.6 Å². The lowest BCUT2D eigenvalue weighted by molar-refractivity contribution is -0.152. The number of aliphatic hydroxyl groups is 2. The minimum Gasteiger partial charge on any atom is -0.396 e. The molecule has 152 valence electrons. The molecule has 1 unspecified atom stereocenters. The van der Waals surface area contributed by atoms with Crippen LogP contribution >= 0.6 is 0 Å². The van der Waals surface area contributed by atoms with Crippen molar-refractivity contribution in [2.75, 3.05) is 11.9 Å². The van der Waals surface area contributed by atoms with Gasteiger partial charge in [-0.1, -0.05) is 44.2 Å². The van der Waals surface area contributed by atoms with Crippen LogP contribution in [-0.4, -0.2) is 28.8 Å². The third-order valence-electron chi connectivity index (χ3n) is 8.35. The molecule has 2 aliphatic carbocycles. The first-order valence-corrected chi connectivity index (χ1v) is 10.7. The molecule has 0 aromatic heterocycles. The van der Waals surface area contributed by atoms with E-state index in [-0.39, 0.29) is 29.8 Å². The fourth-order valence-electron chi connectivity index (χ4n) is 6.63. The van der Waals surface area contributed by atoms with Crippen molar-refractivity contribution >= 4 is 11.6 Å². The molecule has 0 radical (unpaired) electrons. The fourth-order valence-corrected chi connectivity index (χ4v) is 6.63. The van der Waals surface area contributed by atoms with Crippen LogP contribution in [0, 0.1) is 22.7 Å². The Labute approximate surface area is 168 Å². The third kappa shape index (κ3) is 2.84. The van der Waals surface area contributed by atoms with E-state index in [0.717, 1.165) is 49.8 Å². The molecule has 2 saturated carbocycles. The van der Waals surface area contributed by atoms with Crippen molar-refractivity contribution in [3.8, 4) is 0 Å². The number of rotatable bonds is 4. The average Bonchev–Trinajstić information content (AvgIpc) is 3.00. The summed E-state index contributed by atoms with van der Waals surface area (Å²) in [4.78, 5) is 12.5. The Bertz CT molecular complexity index is 790. The monoisotopic (exact) mass is 383 g/mol. The second kappa shape index (κ2) is 7.00. The molecule has 0 saturated heterocycles. The van der Waals surface area contributed by atoms with Gasteiger partial charge in [0.15, 0.2) is 0 Å². The number of carbonyl (C=O) groups is 1. The highest BCUT2D eigenvalue weighted by Gasteiger charge is 2.57. The summed E-state index contributed by atoms with van der Waals surface area (Å²) in [6.07, 6.45) is 4.89. The number of nitrogens with one attached hydrogen (secondary N) is 1. The zero-order valence-electron chi connectivity index (χ0n) is 17.1. The highest BCUT2D eigenvalue weighted by atomic mass is 16.3. The molecule has 1 heterocycles. The van der Waals surface area contributed by atoms with Crippen LogP contribution in [-0.2, 0) is 4.79 Å². The number of anilines is 1. The Hall–Kier alpha value is -1.65. The van der Waals surface area contributed by atoms with Crippen LogP contribution in [0.25, 0.3) is 0 Å². The Morgan fingerprint density at radius 3 is 2.71 bits per heavy atom. The summed E-state index contributed by atoms with van der Waals surface area (Å²) >= 11 is 0. The quantitative estimate of drug-likeness (QED) is 0.681. The van der Waals surface area contributed by atoms with E-state index in [0.29, 0.717) is 5.92 Å². The first-order chi connectivity index (χ1) is 13.3. The molecule has 0 spiro atoms. The van der Waals surface area contributed by atoms with Crippen LogP contribution in [0.4, 0.5) is 5.69 Å². The van der Waals surface area contributed by atoms with Crippen LogP contribution in [0.5, 0.6) is 0 Å². The van der Waals surface area contributed by atoms with Gasteiger partial charge < -0.3 is 15.5 Å². The summed E-state index contributed by atoms with van der Waals surface area (Å²) < 4.78 is 0. The normalized spacial score (nSPS) is 40.0. The van der Waals surface area contributed by atoms with Crippen LogP contribution in [0.3, 0.4) is 0 Å². The Morgan fingerprint density at radius 2 is 1.96 bits per heavy atom. The van der Waals surface area contributed by atoms with Crippen LogP contribution in [0.1, 0.15) is 63.9 Å². The van der Waals surface area contributed by atoms with E-state index in [1.54, 1.807) is 0 Å². The molecule has 4 heteroatoms. The number of allylic oxidation sites excluding steroid dienone is 1. The van der Waals surface area contributed by atoms with Gasteiger partial charge in [0.05, 0.1) is 18.6 Å². The van der Waals surface area contributed by atoms with Crippen LogP contribution in [0.2, 0.25) is 0 Å². The summed E-state index contributed by atoms with van der Waals surface area (Å²) in [7, 11) is 0. The molecule has 3 N–H and O–H groups in total. The van der Waals surface area contributed by atoms with Crippen molar-refractivity contribution in [3.63, 3.8) is 0 Å². The predicted octanol–water partition coefficient (Wildman–Crippen LogP) is 4.24. The molecular formula is C24H33NO3. The van der Waals surface area contributed by atoms with Crippen LogP contribution < -0.4 is 5.32 Å². The van der Waals surface area contributed by atoms with E-state index in [2.05, 4.69) is 24.9 Å². The van der Waals surface area contributed by atoms with Crippen molar-refractivity contribution in [1.82, 2.24) is 0 Å². The van der Waals surface area contributed by atoms with Gasteiger partial charge in [-0.3, -0.25) is 4.79 Å². The highest BCUT2D eigenvalue weighted by molar-refractivity contribution is 6.02. The molecule has 2 fully saturated rings. The molecule has 1 aromatic carbocycles. The van der Waals surface area contributed by atoms with Gasteiger partial charge in [-0.05, 0) is 67.4 Å². The fraction of sp³-hybridized carbons (Fsp3) is 0.625. The van der Waals surface area contributed by atoms with Crippen molar-refractivity contribution in [2.45, 2.75) is 64.4 Å². The summed E-state index contributed by atoms with van der Waals surface area (Å²) in [5, 5.41) is 23.8. The summed E-state index contributed by atoms with van der Waals surface area (Å²) in [6, 6.07) is 7.98. The second-order valence-electron chi connectivity index (χ2n) is 9.73. The molecule has 0 bridgehead atoms. The number of para-hydroxylation sites is 1. The summed E-state index contributed by atoms with van der Waals surface area (Å²) in [5.41, 5.74) is 2.89. The first-order valence-electron chi connectivity index (χ1n) is 10.7. The summed E-state index contributed by atoms with van der Waals surface area (Å²) in [6.45, 7) is 8.80. The number of carbonyl (C=O) groups excluding carboxylic acids is 1. The number of hydrogen-bond donors (Lipinski definition) is 3. The Kier molecular flexibility index (Phi) is 4.91. The van der Waals surface area contributed by atoms with Gasteiger partial charge in [0, 0.05) is 11.1 Å². The number of fused-ring (bicyclic) bond motifs is 2. The minimum absolute atomic E-state index is 0.0145. The molecule has 4 nitrogen and oxygen atoms in total. The second-order valence-corrected chi connectivity index (χ2v) is 9.73. The van der Waals surface area contributed by atoms with Crippen molar-refractivity contribution in [3.05, 3.63) is 42.0 Å². The Morgan fingerprint density at radius 1 is 1.21 bits per heavy atom. The molecule has 4 rings (SSSR count). The van der Waals surface area contributed by atoms with E-state index in [4.69, 9.17) is 0 Å². The van der Waals surface area contributed by atoms with E-state index < -0.39 is 11.5 Å². The molecule has 28 heavy (non-hydrogen) atoms. The molecule has 1 amide bonds. The molecule has 6 atom stereocenters. The zero-order valence-corrected chi connectivity index (χ0v) is 17.1. The largest absolute Gasteiger partial charge is 0.396 e. The van der Waals surface area contributed by atoms with Gasteiger partial charge in [0.2, 0.25) is 5.91 Å². The first kappa shape index (κ1) is 19.7. The standard InChI is InChI=1S/C24H33NO3/c1-15-8-11-20-23(2,13-12-21(27)24(20,3)14-26)18(15)10-9-17-16-6-4-5-7-19(16)25-22(17)28/h4-7,17-18,20-21,26-27H,1,8-14H2,2-3H3,(H,25,28)/t17?,18-,20+,21-,23+,24+/m1/s1. The van der Waals surface area contributed by atoms with E-state index in [1.165, 1.54) is 5.57 Å². The van der Waals surface area contributed by atoms with Gasteiger partial charge in [0.25, 0.3) is 0 Å². The van der Waals surface area contributed by atoms with Gasteiger partial charge in [-0.15, -0.1) is 0 Å². The Balaban J connectivity index is 1.57. The van der Waals surface area contributed by atoms with E-state index in [1.807, 2.05) is 25.1 Å². The summed E-state index contributed by atoms with van der Waals surface area (Å²) in [5.74, 6) is 0.606. The third-order valence-corrected chi connectivity index (χ3v) is 8.35. The lowest BCUT2D eigenvalue weighted by Gasteiger charge is -2.60. The number of benzene rings is 1. The minimum atomic E-state index is -0.455. The molecule has 1 aliphatic heterocycles. The van der Waals surface area contributed by atoms with Crippen LogP contribution in [0.15, 0.2) is 36.4 Å². The SMILES string of the molecule is C=C1CC[C@@H]2[C@](C)(CO)[C@H](O)CC[C@@]2(C)[C@@H]1CCC1C(=O)Nc2ccccc21. The van der Waals surface area contributed by atoms with Crippen molar-refractivity contribution in [2.24, 2.45) is 22.7 Å². The smallest absolute Gasteiger partial charge is 0.232 e. The highest BCUT2D eigenvalue weighted by Crippen LogP contribution is 2.62. The molecule has 3 aliphatic rings. The number of amides is 1. The van der Waals surface area contributed by atoms with Gasteiger partial charge >= 0.3 is 0 Å². The lowest BCUT2D eigenvalue weighted by Crippen LogP contribution is -2.57. The lowest BCUT2D eigenvalue weighted by atomic mass is 9.46. The zero-order chi connectivity index (χ0) is 20.1. The van der Waals surface area contributed by atoms with E-state index >= 15 is 0 Å². The maximum absolute atomic E-state index is 12.5. The average molecular weight is 384 g/mol. The van der Waals surface area contributed by atoms with Gasteiger partial charge in [0.1, 0.15) is 0 Å². The predicted molar refractivity (Wildman–Crippen MR) is 111 cm³/mol. The number of aliphatic hydroxyl groups excluding tert-OH is 2. The molecule has 1 aromatic rings.